The first-order valence-electron chi connectivity index (χ1n) is 9.51. The Kier molecular flexibility index (Phi) is 8.49. The average Bonchev–Trinajstić information content (AvgIpc) is 2.63. The topological polar surface area (TPSA) is 30.9 Å². The number of aliphatic imine (C=N–C) groups is 1. The number of piperidine rings is 1. The Morgan fingerprint density at radius 1 is 1.16 bits per heavy atom. The number of hydrogen-bond donors (Lipinski definition) is 1. The van der Waals surface area contributed by atoms with Crippen LogP contribution in [0.2, 0.25) is 0 Å². The van der Waals surface area contributed by atoms with E-state index in [9.17, 15) is 0 Å². The zero-order chi connectivity index (χ0) is 16.8. The Hall–Kier alpha value is -0.820. The van der Waals surface area contributed by atoms with E-state index in [1.807, 2.05) is 7.05 Å². The molecule has 0 aliphatic carbocycles. The van der Waals surface area contributed by atoms with Crippen LogP contribution in [0.4, 0.5) is 0 Å². The number of hydrogen-bond acceptors (Lipinski definition) is 2. The van der Waals surface area contributed by atoms with Crippen molar-refractivity contribution >= 4 is 29.9 Å². The molecule has 2 heterocycles. The second kappa shape index (κ2) is 10.4. The summed E-state index contributed by atoms with van der Waals surface area (Å²) in [4.78, 5) is 9.46. The van der Waals surface area contributed by atoms with Gasteiger partial charge in [0.25, 0.3) is 0 Å². The predicted molar refractivity (Wildman–Crippen MR) is 117 cm³/mol. The average molecular weight is 456 g/mol. The molecule has 1 aromatic carbocycles. The third-order valence-corrected chi connectivity index (χ3v) is 5.44. The van der Waals surface area contributed by atoms with Crippen LogP contribution in [-0.4, -0.2) is 55.5 Å². The lowest BCUT2D eigenvalue weighted by Crippen LogP contribution is -2.46. The van der Waals surface area contributed by atoms with E-state index < -0.39 is 0 Å². The number of likely N-dealkylation sites (tertiary alicyclic amines) is 1. The molecule has 0 amide bonds. The smallest absolute Gasteiger partial charge is 0.193 e. The van der Waals surface area contributed by atoms with Crippen molar-refractivity contribution in [3.05, 3.63) is 35.4 Å². The van der Waals surface area contributed by atoms with E-state index in [1.165, 1.54) is 43.4 Å². The molecule has 0 radical (unpaired) electrons. The normalized spacial score (nSPS) is 19.3. The van der Waals surface area contributed by atoms with E-state index in [4.69, 9.17) is 0 Å². The quantitative estimate of drug-likeness (QED) is 0.326. The first-order chi connectivity index (χ1) is 11.8. The molecule has 25 heavy (non-hydrogen) atoms. The summed E-state index contributed by atoms with van der Waals surface area (Å²) in [7, 11) is 1.90. The van der Waals surface area contributed by atoms with Crippen LogP contribution in [0.3, 0.4) is 0 Å². The Morgan fingerprint density at radius 2 is 1.88 bits per heavy atom. The summed E-state index contributed by atoms with van der Waals surface area (Å²) in [5.41, 5.74) is 3.04. The van der Waals surface area contributed by atoms with Gasteiger partial charge in [-0.2, -0.15) is 0 Å². The second-order valence-corrected chi connectivity index (χ2v) is 7.29. The summed E-state index contributed by atoms with van der Waals surface area (Å²) in [6.07, 6.45) is 4.93. The minimum absolute atomic E-state index is 0. The van der Waals surface area contributed by atoms with Crippen LogP contribution in [0.15, 0.2) is 29.3 Å². The summed E-state index contributed by atoms with van der Waals surface area (Å²) < 4.78 is 0. The van der Waals surface area contributed by atoms with Gasteiger partial charge >= 0.3 is 0 Å². The summed E-state index contributed by atoms with van der Waals surface area (Å²) in [5, 5.41) is 3.56. The van der Waals surface area contributed by atoms with Crippen molar-refractivity contribution in [3.8, 4) is 0 Å². The monoisotopic (exact) mass is 456 g/mol. The molecule has 0 unspecified atom stereocenters. The van der Waals surface area contributed by atoms with Gasteiger partial charge in [-0.05, 0) is 42.7 Å². The van der Waals surface area contributed by atoms with Crippen molar-refractivity contribution in [3.63, 3.8) is 0 Å². The second-order valence-electron chi connectivity index (χ2n) is 7.29. The molecular weight excluding hydrogens is 423 g/mol. The van der Waals surface area contributed by atoms with Gasteiger partial charge in [-0.1, -0.05) is 31.2 Å². The number of nitrogens with zero attached hydrogens (tertiary/aromatic N) is 3. The van der Waals surface area contributed by atoms with Gasteiger partial charge in [0.15, 0.2) is 5.96 Å². The van der Waals surface area contributed by atoms with Crippen LogP contribution >= 0.6 is 24.0 Å². The SMILES string of the molecule is CN=C(NCCCN1CCc2ccccc2C1)N1CCC(C)CC1.I. The standard InChI is InChI=1S/C20H32N4.HI/c1-17-8-14-24(15-9-17)20(21-2)22-11-5-12-23-13-10-18-6-3-4-7-19(18)16-23;/h3-4,6-7,17H,5,8-16H2,1-2H3,(H,21,22);1H. The molecule has 2 aliphatic heterocycles. The van der Waals surface area contributed by atoms with Gasteiger partial charge in [0.1, 0.15) is 0 Å². The van der Waals surface area contributed by atoms with Gasteiger partial charge in [0, 0.05) is 46.3 Å². The molecule has 4 nitrogen and oxygen atoms in total. The van der Waals surface area contributed by atoms with Crippen molar-refractivity contribution < 1.29 is 0 Å². The fraction of sp³-hybridized carbons (Fsp3) is 0.650. The van der Waals surface area contributed by atoms with E-state index >= 15 is 0 Å². The molecule has 0 spiro atoms. The fourth-order valence-electron chi connectivity index (χ4n) is 3.80. The third kappa shape index (κ3) is 5.84. The van der Waals surface area contributed by atoms with Gasteiger partial charge in [-0.25, -0.2) is 0 Å². The maximum atomic E-state index is 4.47. The highest BCUT2D eigenvalue weighted by Crippen LogP contribution is 2.18. The summed E-state index contributed by atoms with van der Waals surface area (Å²) in [6.45, 7) is 9.11. The molecule has 1 saturated heterocycles. The van der Waals surface area contributed by atoms with Gasteiger partial charge in [0.2, 0.25) is 0 Å². The van der Waals surface area contributed by atoms with Crippen molar-refractivity contribution in [2.45, 2.75) is 39.2 Å². The van der Waals surface area contributed by atoms with Crippen LogP contribution in [0.25, 0.3) is 0 Å². The Bertz CT molecular complexity index is 552. The molecule has 5 heteroatoms. The van der Waals surface area contributed by atoms with Crippen LogP contribution in [0, 0.1) is 5.92 Å². The molecule has 1 N–H and O–H groups in total. The van der Waals surface area contributed by atoms with E-state index in [0.717, 1.165) is 44.6 Å². The van der Waals surface area contributed by atoms with Gasteiger partial charge < -0.3 is 10.2 Å². The molecule has 3 rings (SSSR count). The Balaban J connectivity index is 0.00000225. The van der Waals surface area contributed by atoms with Crippen LogP contribution < -0.4 is 5.32 Å². The lowest BCUT2D eigenvalue weighted by molar-refractivity contribution is 0.249. The van der Waals surface area contributed by atoms with Crippen LogP contribution in [-0.2, 0) is 13.0 Å². The van der Waals surface area contributed by atoms with Gasteiger partial charge in [0.05, 0.1) is 0 Å². The zero-order valence-corrected chi connectivity index (χ0v) is 18.0. The molecule has 0 bridgehead atoms. The van der Waals surface area contributed by atoms with E-state index in [0.29, 0.717) is 0 Å². The Labute approximate surface area is 170 Å². The summed E-state index contributed by atoms with van der Waals surface area (Å²) in [5.74, 6) is 1.95. The molecule has 0 aromatic heterocycles. The highest BCUT2D eigenvalue weighted by Gasteiger charge is 2.18. The van der Waals surface area contributed by atoms with Crippen molar-refractivity contribution in [1.29, 1.82) is 0 Å². The van der Waals surface area contributed by atoms with E-state index in [1.54, 1.807) is 0 Å². The minimum Gasteiger partial charge on any atom is -0.356 e. The molecular formula is C20H33IN4. The van der Waals surface area contributed by atoms with Gasteiger partial charge in [-0.3, -0.25) is 9.89 Å². The molecule has 140 valence electrons. The largest absolute Gasteiger partial charge is 0.356 e. The number of nitrogens with one attached hydrogen (secondary N) is 1. The number of fused-ring (bicyclic) bond motifs is 1. The highest BCUT2D eigenvalue weighted by atomic mass is 127. The lowest BCUT2D eigenvalue weighted by atomic mass is 9.99. The van der Waals surface area contributed by atoms with Crippen LogP contribution in [0.5, 0.6) is 0 Å². The number of guanidine groups is 1. The Morgan fingerprint density at radius 3 is 2.60 bits per heavy atom. The van der Waals surface area contributed by atoms with Crippen molar-refractivity contribution in [2.75, 3.05) is 39.8 Å². The molecule has 0 atom stereocenters. The number of rotatable bonds is 4. The fourth-order valence-corrected chi connectivity index (χ4v) is 3.80. The molecule has 1 fully saturated rings. The highest BCUT2D eigenvalue weighted by molar-refractivity contribution is 14.0. The predicted octanol–water partition coefficient (Wildman–Crippen LogP) is 3.36. The van der Waals surface area contributed by atoms with Crippen molar-refractivity contribution in [2.24, 2.45) is 10.9 Å². The number of benzene rings is 1. The zero-order valence-electron chi connectivity index (χ0n) is 15.7. The van der Waals surface area contributed by atoms with E-state index in [-0.39, 0.29) is 24.0 Å². The van der Waals surface area contributed by atoms with Crippen LogP contribution in [0.1, 0.15) is 37.3 Å². The molecule has 1 aromatic rings. The third-order valence-electron chi connectivity index (χ3n) is 5.44. The summed E-state index contributed by atoms with van der Waals surface area (Å²) >= 11 is 0. The minimum atomic E-state index is 0. The first kappa shape index (κ1) is 20.5. The maximum Gasteiger partial charge on any atom is 0.193 e. The van der Waals surface area contributed by atoms with Gasteiger partial charge in [-0.15, -0.1) is 24.0 Å². The number of halogens is 1. The lowest BCUT2D eigenvalue weighted by Gasteiger charge is -2.33. The molecule has 0 saturated carbocycles. The first-order valence-corrected chi connectivity index (χ1v) is 9.51. The maximum absolute atomic E-state index is 4.47. The van der Waals surface area contributed by atoms with Crippen molar-refractivity contribution in [1.82, 2.24) is 15.1 Å². The van der Waals surface area contributed by atoms with E-state index in [2.05, 4.69) is 51.3 Å². The summed E-state index contributed by atoms with van der Waals surface area (Å²) in [6, 6.07) is 8.87. The molecule has 2 aliphatic rings.